The smallest absolute Gasteiger partial charge is 0.408 e. The molecule has 15 heavy (non-hydrogen) atoms. The summed E-state index contributed by atoms with van der Waals surface area (Å²) in [7, 11) is 0. The van der Waals surface area contributed by atoms with Gasteiger partial charge in [0.15, 0.2) is 5.78 Å². The zero-order valence-corrected chi connectivity index (χ0v) is 9.59. The van der Waals surface area contributed by atoms with Crippen LogP contribution < -0.4 is 5.32 Å². The molecule has 0 heterocycles. The normalized spacial score (nSPS) is 12.8. The molecule has 1 atom stereocenters. The molecule has 0 aromatic heterocycles. The first-order valence-corrected chi connectivity index (χ1v) is 4.84. The predicted molar refractivity (Wildman–Crippen MR) is 57.2 cm³/mol. The number of ether oxygens (including phenoxy) is 1. The fourth-order valence-corrected chi connectivity index (χ4v) is 0.925. The first kappa shape index (κ1) is 13.6. The van der Waals surface area contributed by atoms with Crippen LogP contribution in [0.2, 0.25) is 0 Å². The van der Waals surface area contributed by atoms with Crippen LogP contribution in [0.4, 0.5) is 4.79 Å². The minimum absolute atomic E-state index is 0.427. The quantitative estimate of drug-likeness (QED) is 0.696. The second kappa shape index (κ2) is 5.48. The molecule has 0 saturated carbocycles. The second-order valence-electron chi connectivity index (χ2n) is 4.15. The number of carbonyl (C=O) groups is 2. The molecule has 0 aliphatic carbocycles. The Morgan fingerprint density at radius 2 is 2.00 bits per heavy atom. The highest BCUT2D eigenvalue weighted by atomic mass is 16.6. The van der Waals surface area contributed by atoms with Crippen molar-refractivity contribution in [2.24, 2.45) is 0 Å². The number of amides is 1. The Morgan fingerprint density at radius 3 is 2.33 bits per heavy atom. The number of carbonyl (C=O) groups excluding carboxylic acids is 2. The summed E-state index contributed by atoms with van der Waals surface area (Å²) in [5, 5.41) is 9.21. The molecule has 0 fully saturated rings. The van der Waals surface area contributed by atoms with Crippen molar-refractivity contribution in [2.75, 3.05) is 0 Å². The van der Waals surface area contributed by atoms with E-state index in [2.05, 4.69) is 5.32 Å². The minimum Gasteiger partial charge on any atom is -0.444 e. The second-order valence-corrected chi connectivity index (χ2v) is 4.15. The van der Waals surface area contributed by atoms with E-state index in [-0.39, 0.29) is 0 Å². The topological polar surface area (TPSA) is 79.2 Å². The van der Waals surface area contributed by atoms with Crippen LogP contribution in [0.15, 0.2) is 0 Å². The molecule has 1 amide bonds. The van der Waals surface area contributed by atoms with E-state index < -0.39 is 23.5 Å². The maximum atomic E-state index is 11.3. The molecule has 5 nitrogen and oxygen atoms in total. The predicted octanol–water partition coefficient (Wildman–Crippen LogP) is 1.51. The van der Waals surface area contributed by atoms with E-state index in [0.29, 0.717) is 12.6 Å². The third-order valence-electron chi connectivity index (χ3n) is 1.58. The Bertz CT molecular complexity index is 256. The average molecular weight is 214 g/mol. The van der Waals surface area contributed by atoms with Gasteiger partial charge in [-0.3, -0.25) is 4.79 Å². The summed E-state index contributed by atoms with van der Waals surface area (Å²) in [4.78, 5) is 22.4. The van der Waals surface area contributed by atoms with Crippen molar-refractivity contribution in [3.05, 3.63) is 0 Å². The summed E-state index contributed by atoms with van der Waals surface area (Å²) in [6.45, 7) is 6.98. The highest BCUT2D eigenvalue weighted by Crippen LogP contribution is 2.07. The van der Waals surface area contributed by atoms with Crippen molar-refractivity contribution >= 4 is 18.1 Å². The van der Waals surface area contributed by atoms with Gasteiger partial charge in [0.05, 0.1) is 12.3 Å². The molecule has 5 heteroatoms. The van der Waals surface area contributed by atoms with Gasteiger partial charge in [-0.05, 0) is 27.2 Å². The lowest BCUT2D eigenvalue weighted by atomic mass is 10.1. The molecule has 0 radical (unpaired) electrons. The van der Waals surface area contributed by atoms with Crippen molar-refractivity contribution < 1.29 is 14.3 Å². The Kier molecular flexibility index (Phi) is 4.97. The van der Waals surface area contributed by atoms with Crippen LogP contribution in [0.1, 0.15) is 34.1 Å². The van der Waals surface area contributed by atoms with Crippen molar-refractivity contribution in [2.45, 2.75) is 45.8 Å². The fourth-order valence-electron chi connectivity index (χ4n) is 0.925. The molecule has 0 aliphatic heterocycles. The monoisotopic (exact) mass is 214 g/mol. The Labute approximate surface area is 89.7 Å². The van der Waals surface area contributed by atoms with Gasteiger partial charge in [0.1, 0.15) is 5.60 Å². The first-order valence-electron chi connectivity index (χ1n) is 4.84. The molecule has 2 N–H and O–H groups in total. The number of rotatable bonds is 4. The lowest BCUT2D eigenvalue weighted by molar-refractivity contribution is -0.114. The Hall–Kier alpha value is -1.39. The van der Waals surface area contributed by atoms with Crippen LogP contribution >= 0.6 is 0 Å². The van der Waals surface area contributed by atoms with Crippen LogP contribution in [-0.2, 0) is 9.53 Å². The summed E-state index contributed by atoms with van der Waals surface area (Å²) < 4.78 is 4.99. The van der Waals surface area contributed by atoms with E-state index in [0.717, 1.165) is 0 Å². The zero-order valence-electron chi connectivity index (χ0n) is 9.59. The van der Waals surface area contributed by atoms with Crippen LogP contribution in [0.5, 0.6) is 0 Å². The van der Waals surface area contributed by atoms with E-state index >= 15 is 0 Å². The van der Waals surface area contributed by atoms with E-state index in [1.165, 1.54) is 0 Å². The average Bonchev–Trinajstić information content (AvgIpc) is 2.10. The molecule has 0 bridgehead atoms. The molecule has 86 valence electrons. The molecule has 0 aromatic rings. The molecule has 0 spiro atoms. The van der Waals surface area contributed by atoms with Gasteiger partial charge in [-0.25, -0.2) is 4.79 Å². The maximum Gasteiger partial charge on any atom is 0.408 e. The molecular weight excluding hydrogens is 196 g/mol. The SMILES string of the molecule is CCC(NC(=O)OC(C)(C)C)C(=O)C=N. The number of Topliss-reactive ketones (excluding diaryl/α,β-unsaturated/α-hetero) is 1. The van der Waals surface area contributed by atoms with Gasteiger partial charge >= 0.3 is 6.09 Å². The standard InChI is InChI=1S/C10H18N2O3/c1-5-7(8(13)6-11)12-9(14)15-10(2,3)4/h6-7,11H,5H2,1-4H3,(H,12,14). The number of hydrogen-bond donors (Lipinski definition) is 2. The largest absolute Gasteiger partial charge is 0.444 e. The van der Waals surface area contributed by atoms with Gasteiger partial charge in [-0.1, -0.05) is 6.92 Å². The Balaban J connectivity index is 4.25. The van der Waals surface area contributed by atoms with Gasteiger partial charge < -0.3 is 15.5 Å². The highest BCUT2D eigenvalue weighted by Gasteiger charge is 2.21. The summed E-state index contributed by atoms with van der Waals surface area (Å²) in [5.74, 6) is -0.427. The third-order valence-corrected chi connectivity index (χ3v) is 1.58. The lowest BCUT2D eigenvalue weighted by Crippen LogP contribution is -2.43. The highest BCUT2D eigenvalue weighted by molar-refractivity contribution is 6.29. The van der Waals surface area contributed by atoms with Gasteiger partial charge in [-0.15, -0.1) is 0 Å². The lowest BCUT2D eigenvalue weighted by Gasteiger charge is -2.21. The van der Waals surface area contributed by atoms with Crippen LogP contribution in [-0.4, -0.2) is 29.7 Å². The summed E-state index contributed by atoms with van der Waals surface area (Å²) in [5.41, 5.74) is -0.587. The van der Waals surface area contributed by atoms with Crippen LogP contribution in [0.3, 0.4) is 0 Å². The van der Waals surface area contributed by atoms with Crippen molar-refractivity contribution in [1.29, 1.82) is 5.41 Å². The first-order chi connectivity index (χ1) is 6.80. The molecule has 0 saturated heterocycles. The molecule has 1 unspecified atom stereocenters. The van der Waals surface area contributed by atoms with Crippen molar-refractivity contribution in [3.63, 3.8) is 0 Å². The van der Waals surface area contributed by atoms with Gasteiger partial charge in [0, 0.05) is 0 Å². The number of alkyl carbamates (subject to hydrolysis) is 1. The van der Waals surface area contributed by atoms with E-state index in [9.17, 15) is 9.59 Å². The van der Waals surface area contributed by atoms with E-state index in [1.54, 1.807) is 27.7 Å². The third kappa shape index (κ3) is 5.83. The van der Waals surface area contributed by atoms with E-state index in [1.807, 2.05) is 0 Å². The maximum absolute atomic E-state index is 11.3. The molecule has 0 aromatic carbocycles. The van der Waals surface area contributed by atoms with Crippen LogP contribution in [0, 0.1) is 5.41 Å². The van der Waals surface area contributed by atoms with Gasteiger partial charge in [0.2, 0.25) is 0 Å². The van der Waals surface area contributed by atoms with Gasteiger partial charge in [0.25, 0.3) is 0 Å². The minimum atomic E-state index is -0.669. The zero-order chi connectivity index (χ0) is 12.1. The summed E-state index contributed by atoms with van der Waals surface area (Å²) in [6.07, 6.45) is 0.503. The number of nitrogens with one attached hydrogen (secondary N) is 2. The summed E-state index contributed by atoms with van der Waals surface area (Å²) >= 11 is 0. The molecular formula is C10H18N2O3. The van der Waals surface area contributed by atoms with Crippen molar-refractivity contribution in [3.8, 4) is 0 Å². The van der Waals surface area contributed by atoms with Crippen LogP contribution in [0.25, 0.3) is 0 Å². The number of hydrogen-bond acceptors (Lipinski definition) is 4. The fraction of sp³-hybridized carbons (Fsp3) is 0.700. The number of ketones is 1. The van der Waals surface area contributed by atoms with Gasteiger partial charge in [-0.2, -0.15) is 0 Å². The molecule has 0 rings (SSSR count). The Morgan fingerprint density at radius 1 is 1.47 bits per heavy atom. The van der Waals surface area contributed by atoms with E-state index in [4.69, 9.17) is 10.1 Å². The van der Waals surface area contributed by atoms with Crippen molar-refractivity contribution in [1.82, 2.24) is 5.32 Å². The molecule has 0 aliphatic rings. The summed E-state index contributed by atoms with van der Waals surface area (Å²) in [6, 6.07) is -0.669.